The lowest BCUT2D eigenvalue weighted by atomic mass is 10.1. The molecule has 3 nitrogen and oxygen atoms in total. The molecule has 0 aromatic rings. The van der Waals surface area contributed by atoms with Gasteiger partial charge in [0.2, 0.25) is 0 Å². The van der Waals surface area contributed by atoms with Crippen molar-refractivity contribution in [1.29, 1.82) is 0 Å². The van der Waals surface area contributed by atoms with Crippen LogP contribution in [0.25, 0.3) is 0 Å². The van der Waals surface area contributed by atoms with Crippen molar-refractivity contribution >= 4 is 17.5 Å². The van der Waals surface area contributed by atoms with Gasteiger partial charge >= 0.3 is 0 Å². The molecule has 3 aliphatic rings. The van der Waals surface area contributed by atoms with Crippen molar-refractivity contribution in [3.05, 3.63) is 70.3 Å². The summed E-state index contributed by atoms with van der Waals surface area (Å²) in [6, 6.07) is 0. The number of hydrogen-bond donors (Lipinski definition) is 0. The van der Waals surface area contributed by atoms with Gasteiger partial charge in [0, 0.05) is 29.9 Å². The summed E-state index contributed by atoms with van der Waals surface area (Å²) in [5.41, 5.74) is 3.52. The molecule has 126 valence electrons. The molecule has 1 aliphatic carbocycles. The van der Waals surface area contributed by atoms with Gasteiger partial charge in [-0.15, -0.1) is 0 Å². The van der Waals surface area contributed by atoms with Crippen molar-refractivity contribution in [2.24, 2.45) is 10.9 Å². The first-order valence-electron chi connectivity index (χ1n) is 8.38. The summed E-state index contributed by atoms with van der Waals surface area (Å²) in [5, 5.41) is 0. The number of nitrogens with zero attached hydrogens (tertiary/aromatic N) is 2. The molecule has 2 heterocycles. The smallest absolute Gasteiger partial charge is 0.0797 e. The van der Waals surface area contributed by atoms with Gasteiger partial charge in [-0.1, -0.05) is 55.6 Å². The van der Waals surface area contributed by atoms with Crippen LogP contribution in [0.3, 0.4) is 0 Å². The first kappa shape index (κ1) is 17.1. The van der Waals surface area contributed by atoms with E-state index in [9.17, 15) is 0 Å². The van der Waals surface area contributed by atoms with E-state index < -0.39 is 0 Å². The maximum Gasteiger partial charge on any atom is 0.0797 e. The van der Waals surface area contributed by atoms with E-state index in [1.807, 2.05) is 0 Å². The SMILES string of the molecule is C=C/N=C1/C=C(C2=CC=CC(C)C=C2)S/C1=C(/C)N1CCOCC1. The molecule has 3 rings (SSSR count). The summed E-state index contributed by atoms with van der Waals surface area (Å²) in [4.78, 5) is 9.36. The van der Waals surface area contributed by atoms with E-state index in [1.165, 1.54) is 21.1 Å². The van der Waals surface area contributed by atoms with Crippen LogP contribution in [0, 0.1) is 5.92 Å². The minimum atomic E-state index is 0.470. The van der Waals surface area contributed by atoms with Crippen LogP contribution in [0.4, 0.5) is 0 Å². The Balaban J connectivity index is 1.90. The van der Waals surface area contributed by atoms with E-state index in [-0.39, 0.29) is 0 Å². The van der Waals surface area contributed by atoms with Crippen molar-refractivity contribution in [3.8, 4) is 0 Å². The Bertz CT molecular complexity index is 688. The molecule has 1 fully saturated rings. The standard InChI is InChI=1S/C20H24N2OS/c1-4-21-18-14-19(17-7-5-6-15(2)8-9-17)24-20(18)16(3)22-10-12-23-13-11-22/h4-9,14-15H,1,10-13H2,2-3H3/b20-16-,21-18-. The van der Waals surface area contributed by atoms with Crippen LogP contribution >= 0.6 is 11.8 Å². The Kier molecular flexibility index (Phi) is 5.59. The first-order valence-corrected chi connectivity index (χ1v) is 9.20. The Labute approximate surface area is 148 Å². The molecule has 0 aromatic carbocycles. The third-order valence-electron chi connectivity index (χ3n) is 4.31. The van der Waals surface area contributed by atoms with Gasteiger partial charge in [0.25, 0.3) is 0 Å². The van der Waals surface area contributed by atoms with Crippen LogP contribution < -0.4 is 0 Å². The quantitative estimate of drug-likeness (QED) is 0.758. The van der Waals surface area contributed by atoms with Gasteiger partial charge in [-0.05, 0) is 24.5 Å². The molecular weight excluding hydrogens is 316 g/mol. The Morgan fingerprint density at radius 3 is 2.92 bits per heavy atom. The molecule has 0 saturated carbocycles. The van der Waals surface area contributed by atoms with Crippen molar-refractivity contribution in [1.82, 2.24) is 4.90 Å². The molecule has 1 saturated heterocycles. The average molecular weight is 340 g/mol. The predicted molar refractivity (Wildman–Crippen MR) is 104 cm³/mol. The van der Waals surface area contributed by atoms with E-state index in [4.69, 9.17) is 4.74 Å². The number of ether oxygens (including phenoxy) is 1. The second-order valence-electron chi connectivity index (χ2n) is 6.05. The minimum Gasteiger partial charge on any atom is -0.378 e. The molecule has 1 atom stereocenters. The highest BCUT2D eigenvalue weighted by molar-refractivity contribution is 8.08. The molecule has 24 heavy (non-hydrogen) atoms. The van der Waals surface area contributed by atoms with E-state index >= 15 is 0 Å². The summed E-state index contributed by atoms with van der Waals surface area (Å²) in [5.74, 6) is 0.470. The molecule has 2 aliphatic heterocycles. The summed E-state index contributed by atoms with van der Waals surface area (Å²) in [7, 11) is 0. The van der Waals surface area contributed by atoms with Gasteiger partial charge in [-0.3, -0.25) is 4.99 Å². The van der Waals surface area contributed by atoms with Gasteiger partial charge in [-0.2, -0.15) is 0 Å². The maximum absolute atomic E-state index is 5.47. The average Bonchev–Trinajstić information content (AvgIpc) is 2.89. The summed E-state index contributed by atoms with van der Waals surface area (Å²) < 4.78 is 5.47. The lowest BCUT2D eigenvalue weighted by Crippen LogP contribution is -2.35. The fourth-order valence-electron chi connectivity index (χ4n) is 2.89. The van der Waals surface area contributed by atoms with Crippen LogP contribution in [-0.4, -0.2) is 36.9 Å². The molecule has 0 bridgehead atoms. The third-order valence-corrected chi connectivity index (χ3v) is 5.59. The lowest BCUT2D eigenvalue weighted by Gasteiger charge is -2.30. The number of thioether (sulfide) groups is 1. The highest BCUT2D eigenvalue weighted by Gasteiger charge is 2.24. The van der Waals surface area contributed by atoms with E-state index in [1.54, 1.807) is 18.0 Å². The van der Waals surface area contributed by atoms with Crippen molar-refractivity contribution in [3.63, 3.8) is 0 Å². The number of aliphatic imine (C=N–C) groups is 1. The van der Waals surface area contributed by atoms with Crippen molar-refractivity contribution in [2.45, 2.75) is 13.8 Å². The zero-order valence-corrected chi connectivity index (χ0v) is 15.2. The van der Waals surface area contributed by atoms with Crippen LogP contribution in [0.2, 0.25) is 0 Å². The highest BCUT2D eigenvalue weighted by Crippen LogP contribution is 2.41. The zero-order chi connectivity index (χ0) is 16.9. The summed E-state index contributed by atoms with van der Waals surface area (Å²) in [6.45, 7) is 11.6. The lowest BCUT2D eigenvalue weighted by molar-refractivity contribution is 0.0537. The number of allylic oxidation sites excluding steroid dienone is 9. The van der Waals surface area contributed by atoms with Crippen LogP contribution in [0.5, 0.6) is 0 Å². The monoisotopic (exact) mass is 340 g/mol. The number of morpholine rings is 1. The van der Waals surface area contributed by atoms with Crippen LogP contribution in [0.15, 0.2) is 75.3 Å². The molecule has 4 heteroatoms. The largest absolute Gasteiger partial charge is 0.378 e. The van der Waals surface area contributed by atoms with Gasteiger partial charge in [0.1, 0.15) is 0 Å². The molecule has 1 unspecified atom stereocenters. The Morgan fingerprint density at radius 2 is 2.17 bits per heavy atom. The fourth-order valence-corrected chi connectivity index (χ4v) is 4.03. The highest BCUT2D eigenvalue weighted by atomic mass is 32.2. The van der Waals surface area contributed by atoms with Gasteiger partial charge < -0.3 is 9.64 Å². The summed E-state index contributed by atoms with van der Waals surface area (Å²) in [6.07, 6.45) is 14.8. The molecule has 0 amide bonds. The first-order chi connectivity index (χ1) is 11.7. The van der Waals surface area contributed by atoms with Crippen LogP contribution in [-0.2, 0) is 4.74 Å². The molecule has 0 aromatic heterocycles. The van der Waals surface area contributed by atoms with Gasteiger partial charge in [-0.25, -0.2) is 0 Å². The Morgan fingerprint density at radius 1 is 1.38 bits per heavy atom. The second-order valence-corrected chi connectivity index (χ2v) is 7.10. The molecular formula is C20H24N2OS. The van der Waals surface area contributed by atoms with E-state index in [2.05, 4.69) is 66.8 Å². The second kappa shape index (κ2) is 7.86. The third kappa shape index (κ3) is 3.82. The number of hydrogen-bond acceptors (Lipinski definition) is 4. The summed E-state index contributed by atoms with van der Waals surface area (Å²) >= 11 is 1.80. The fraction of sp³-hybridized carbons (Fsp3) is 0.350. The molecule has 0 spiro atoms. The zero-order valence-electron chi connectivity index (χ0n) is 14.4. The van der Waals surface area contributed by atoms with Gasteiger partial charge in [0.15, 0.2) is 0 Å². The minimum absolute atomic E-state index is 0.470. The topological polar surface area (TPSA) is 24.8 Å². The molecule has 0 radical (unpaired) electrons. The normalized spacial score (nSPS) is 27.8. The maximum atomic E-state index is 5.47. The Hall–Kier alpha value is -1.78. The molecule has 0 N–H and O–H groups in total. The predicted octanol–water partition coefficient (Wildman–Crippen LogP) is 4.45. The van der Waals surface area contributed by atoms with Crippen LogP contribution in [0.1, 0.15) is 13.8 Å². The number of rotatable bonds is 3. The van der Waals surface area contributed by atoms with E-state index in [0.717, 1.165) is 32.0 Å². The van der Waals surface area contributed by atoms with E-state index in [0.29, 0.717) is 5.92 Å². The van der Waals surface area contributed by atoms with Crippen molar-refractivity contribution in [2.75, 3.05) is 26.3 Å². The van der Waals surface area contributed by atoms with Crippen molar-refractivity contribution < 1.29 is 4.74 Å². The van der Waals surface area contributed by atoms with Gasteiger partial charge in [0.05, 0.1) is 23.8 Å².